The first kappa shape index (κ1) is 13.1. The molecule has 0 amide bonds. The van der Waals surface area contributed by atoms with Crippen molar-refractivity contribution in [2.75, 3.05) is 21.3 Å². The minimum absolute atomic E-state index is 0.0846. The van der Waals surface area contributed by atoms with Gasteiger partial charge in [-0.1, -0.05) is 6.08 Å². The maximum absolute atomic E-state index is 12.0. The Labute approximate surface area is 106 Å². The third-order valence-electron chi connectivity index (χ3n) is 3.56. The van der Waals surface area contributed by atoms with Crippen LogP contribution in [-0.2, 0) is 19.0 Å². The average Bonchev–Trinajstić information content (AvgIpc) is 2.42. The molecule has 0 radical (unpaired) electrons. The first-order valence-corrected chi connectivity index (χ1v) is 5.94. The number of rotatable bonds is 4. The lowest BCUT2D eigenvalue weighted by Crippen LogP contribution is -2.56. The van der Waals surface area contributed by atoms with Crippen molar-refractivity contribution in [3.63, 3.8) is 0 Å². The van der Waals surface area contributed by atoms with Gasteiger partial charge >= 0.3 is 0 Å². The number of allylic oxidation sites excluding steroid dienone is 1. The molecule has 5 heteroatoms. The van der Waals surface area contributed by atoms with E-state index in [0.29, 0.717) is 5.57 Å². The minimum atomic E-state index is -1.71. The van der Waals surface area contributed by atoms with Crippen molar-refractivity contribution in [2.45, 2.75) is 31.0 Å². The molecule has 2 aliphatic rings. The van der Waals surface area contributed by atoms with Crippen molar-refractivity contribution in [1.82, 2.24) is 0 Å². The molecule has 2 aliphatic carbocycles. The number of methoxy groups -OCH3 is 3. The first-order chi connectivity index (χ1) is 8.61. The molecular formula is C13H18O5. The van der Waals surface area contributed by atoms with Crippen molar-refractivity contribution in [3.8, 4) is 0 Å². The highest BCUT2D eigenvalue weighted by Crippen LogP contribution is 2.44. The molecule has 0 unspecified atom stereocenters. The van der Waals surface area contributed by atoms with Gasteiger partial charge in [0.2, 0.25) is 17.1 Å². The van der Waals surface area contributed by atoms with Crippen LogP contribution in [0, 0.1) is 0 Å². The minimum Gasteiger partial charge on any atom is -0.493 e. The van der Waals surface area contributed by atoms with Crippen LogP contribution < -0.4 is 0 Å². The first-order valence-electron chi connectivity index (χ1n) is 5.94. The molecule has 0 aromatic carbocycles. The van der Waals surface area contributed by atoms with Gasteiger partial charge in [-0.05, 0) is 19.3 Å². The highest BCUT2D eigenvalue weighted by molar-refractivity contribution is 6.12. The fourth-order valence-electron chi connectivity index (χ4n) is 2.63. The lowest BCUT2D eigenvalue weighted by atomic mass is 9.72. The van der Waals surface area contributed by atoms with E-state index in [4.69, 9.17) is 14.2 Å². The van der Waals surface area contributed by atoms with Gasteiger partial charge in [0.15, 0.2) is 5.76 Å². The lowest BCUT2D eigenvalue weighted by molar-refractivity contribution is -0.142. The summed E-state index contributed by atoms with van der Waals surface area (Å²) in [5, 5.41) is 10.6. The van der Waals surface area contributed by atoms with E-state index < -0.39 is 11.4 Å². The summed E-state index contributed by atoms with van der Waals surface area (Å²) in [7, 11) is 4.37. The third-order valence-corrected chi connectivity index (χ3v) is 3.56. The molecule has 0 spiro atoms. The van der Waals surface area contributed by atoms with E-state index in [9.17, 15) is 9.90 Å². The van der Waals surface area contributed by atoms with Crippen LogP contribution in [0.25, 0.3) is 0 Å². The maximum Gasteiger partial charge on any atom is 0.244 e. The van der Waals surface area contributed by atoms with Crippen molar-refractivity contribution >= 4 is 5.78 Å². The SMILES string of the molecule is COC1=C(OC)[C@@](O)(C2=CCCC[C@H]2OC)C1=O. The van der Waals surface area contributed by atoms with Crippen LogP contribution in [-0.4, -0.2) is 43.9 Å². The fraction of sp³-hybridized carbons (Fsp3) is 0.615. The topological polar surface area (TPSA) is 65.0 Å². The summed E-state index contributed by atoms with van der Waals surface area (Å²) < 4.78 is 15.4. The Hall–Kier alpha value is -1.33. The van der Waals surface area contributed by atoms with E-state index in [0.717, 1.165) is 19.3 Å². The summed E-state index contributed by atoms with van der Waals surface area (Å²) in [6.07, 6.45) is 4.20. The Kier molecular flexibility index (Phi) is 3.45. The smallest absolute Gasteiger partial charge is 0.244 e. The van der Waals surface area contributed by atoms with Crippen LogP contribution in [0.15, 0.2) is 23.2 Å². The van der Waals surface area contributed by atoms with Gasteiger partial charge in [0, 0.05) is 12.7 Å². The second kappa shape index (κ2) is 4.74. The number of ketones is 1. The molecule has 0 fully saturated rings. The Morgan fingerprint density at radius 3 is 2.61 bits per heavy atom. The van der Waals surface area contributed by atoms with Gasteiger partial charge in [-0.2, -0.15) is 0 Å². The highest BCUT2D eigenvalue weighted by atomic mass is 16.5. The molecule has 2 atom stereocenters. The number of carbonyl (C=O) groups is 1. The summed E-state index contributed by atoms with van der Waals surface area (Å²) in [5.41, 5.74) is -1.14. The molecule has 0 aromatic heterocycles. The number of Topliss-reactive ketones (excluding diaryl/α,β-unsaturated/α-hetero) is 1. The van der Waals surface area contributed by atoms with Gasteiger partial charge < -0.3 is 19.3 Å². The molecule has 1 N–H and O–H groups in total. The van der Waals surface area contributed by atoms with E-state index in [1.54, 1.807) is 7.11 Å². The molecule has 0 saturated heterocycles. The van der Waals surface area contributed by atoms with Gasteiger partial charge in [0.05, 0.1) is 20.3 Å². The number of carbonyl (C=O) groups excluding carboxylic acids is 1. The Morgan fingerprint density at radius 1 is 1.33 bits per heavy atom. The average molecular weight is 254 g/mol. The van der Waals surface area contributed by atoms with Gasteiger partial charge in [-0.25, -0.2) is 0 Å². The van der Waals surface area contributed by atoms with E-state index in [1.807, 2.05) is 6.08 Å². The zero-order valence-electron chi connectivity index (χ0n) is 10.9. The molecule has 100 valence electrons. The summed E-state index contributed by atoms with van der Waals surface area (Å²) in [6, 6.07) is 0. The Bertz CT molecular complexity index is 423. The molecule has 0 aliphatic heterocycles. The normalized spacial score (nSPS) is 31.9. The molecular weight excluding hydrogens is 236 g/mol. The van der Waals surface area contributed by atoms with Gasteiger partial charge in [0.1, 0.15) is 0 Å². The van der Waals surface area contributed by atoms with E-state index in [1.165, 1.54) is 14.2 Å². The number of hydrogen-bond acceptors (Lipinski definition) is 5. The lowest BCUT2D eigenvalue weighted by Gasteiger charge is -2.41. The molecule has 2 rings (SSSR count). The quantitative estimate of drug-likeness (QED) is 0.756. The summed E-state index contributed by atoms with van der Waals surface area (Å²) in [6.45, 7) is 0. The Balaban J connectivity index is 2.41. The molecule has 0 aromatic rings. The van der Waals surface area contributed by atoms with Crippen molar-refractivity contribution in [2.24, 2.45) is 0 Å². The van der Waals surface area contributed by atoms with Gasteiger partial charge in [-0.3, -0.25) is 4.79 Å². The van der Waals surface area contributed by atoms with Crippen molar-refractivity contribution in [3.05, 3.63) is 23.2 Å². The molecule has 5 nitrogen and oxygen atoms in total. The van der Waals surface area contributed by atoms with Gasteiger partial charge in [-0.15, -0.1) is 0 Å². The van der Waals surface area contributed by atoms with Crippen LogP contribution in [0.3, 0.4) is 0 Å². The number of hydrogen-bond donors (Lipinski definition) is 1. The second-order valence-corrected chi connectivity index (χ2v) is 4.42. The zero-order valence-corrected chi connectivity index (χ0v) is 10.9. The molecule has 0 heterocycles. The molecule has 0 bridgehead atoms. The predicted octanol–water partition coefficient (Wildman–Crippen LogP) is 0.930. The second-order valence-electron chi connectivity index (χ2n) is 4.42. The van der Waals surface area contributed by atoms with E-state index >= 15 is 0 Å². The van der Waals surface area contributed by atoms with Crippen LogP contribution in [0.5, 0.6) is 0 Å². The van der Waals surface area contributed by atoms with Gasteiger partial charge in [0.25, 0.3) is 0 Å². The van der Waals surface area contributed by atoms with Crippen LogP contribution in [0.2, 0.25) is 0 Å². The highest BCUT2D eigenvalue weighted by Gasteiger charge is 2.60. The molecule has 0 saturated carbocycles. The van der Waals surface area contributed by atoms with E-state index in [2.05, 4.69) is 0 Å². The van der Waals surface area contributed by atoms with E-state index in [-0.39, 0.29) is 17.6 Å². The summed E-state index contributed by atoms with van der Waals surface area (Å²) >= 11 is 0. The standard InChI is InChI=1S/C13H18O5/c1-16-9-7-5-4-6-8(9)13(15)11(14)10(17-2)12(13)18-3/h6,9,15H,4-5,7H2,1-3H3/t9-,13-/m1/s1. The van der Waals surface area contributed by atoms with Crippen molar-refractivity contribution < 1.29 is 24.1 Å². The number of aliphatic hydroxyl groups is 1. The predicted molar refractivity (Wildman–Crippen MR) is 63.7 cm³/mol. The monoisotopic (exact) mass is 254 g/mol. The van der Waals surface area contributed by atoms with Crippen LogP contribution in [0.1, 0.15) is 19.3 Å². The largest absolute Gasteiger partial charge is 0.493 e. The van der Waals surface area contributed by atoms with Crippen LogP contribution in [0.4, 0.5) is 0 Å². The molecule has 18 heavy (non-hydrogen) atoms. The number of ether oxygens (including phenoxy) is 3. The summed E-state index contributed by atoms with van der Waals surface area (Å²) in [5.74, 6) is -0.205. The third kappa shape index (κ3) is 1.58. The fourth-order valence-corrected chi connectivity index (χ4v) is 2.63. The van der Waals surface area contributed by atoms with Crippen LogP contribution >= 0.6 is 0 Å². The Morgan fingerprint density at radius 2 is 2.06 bits per heavy atom. The summed E-state index contributed by atoms with van der Waals surface area (Å²) in [4.78, 5) is 12.0. The van der Waals surface area contributed by atoms with Crippen molar-refractivity contribution in [1.29, 1.82) is 0 Å². The maximum atomic E-state index is 12.0. The zero-order chi connectivity index (χ0) is 13.3.